The summed E-state index contributed by atoms with van der Waals surface area (Å²) >= 11 is 0. The number of nitrogens with one attached hydrogen (secondary N) is 1. The molecule has 2 aromatic heterocycles. The molecule has 0 aliphatic rings. The summed E-state index contributed by atoms with van der Waals surface area (Å²) in [7, 11) is 2.04. The van der Waals surface area contributed by atoms with Crippen LogP contribution in [0.4, 0.5) is 4.79 Å². The number of aryl methyl sites for hydroxylation is 2. The van der Waals surface area contributed by atoms with Crippen LogP contribution in [0.5, 0.6) is 0 Å². The first-order valence-corrected chi connectivity index (χ1v) is 9.87. The monoisotopic (exact) mass is 379 g/mol. The maximum Gasteiger partial charge on any atom is 0.317 e. The van der Waals surface area contributed by atoms with E-state index in [1.165, 1.54) is 0 Å². The number of amides is 2. The van der Waals surface area contributed by atoms with Crippen LogP contribution in [0.25, 0.3) is 11.0 Å². The summed E-state index contributed by atoms with van der Waals surface area (Å²) in [6.07, 6.45) is 3.44. The summed E-state index contributed by atoms with van der Waals surface area (Å²) in [6.45, 7) is 6.08. The standard InChI is InChI=1S/C22H29N5O/c1-17(2)15-27(16-18-9-6-7-13-23-18)22(28)24-14-8-12-21-25-19-10-4-5-11-20(19)26(21)3/h4-7,9-11,13,17H,8,12,14-16H2,1-3H3,(H,24,28). The molecule has 6 nitrogen and oxygen atoms in total. The van der Waals surface area contributed by atoms with Crippen LogP contribution in [0, 0.1) is 5.92 Å². The summed E-state index contributed by atoms with van der Waals surface area (Å²) < 4.78 is 2.13. The SMILES string of the molecule is CC(C)CN(Cc1ccccn1)C(=O)NCCCc1nc2ccccc2n1C. The Balaban J connectivity index is 1.52. The van der Waals surface area contributed by atoms with Crippen LogP contribution in [0.1, 0.15) is 31.8 Å². The zero-order valence-corrected chi connectivity index (χ0v) is 16.9. The van der Waals surface area contributed by atoms with Crippen molar-refractivity contribution < 1.29 is 4.79 Å². The Morgan fingerprint density at radius 1 is 1.18 bits per heavy atom. The van der Waals surface area contributed by atoms with E-state index in [9.17, 15) is 4.79 Å². The summed E-state index contributed by atoms with van der Waals surface area (Å²) in [4.78, 5) is 23.5. The lowest BCUT2D eigenvalue weighted by molar-refractivity contribution is 0.187. The van der Waals surface area contributed by atoms with Crippen LogP contribution in [0.15, 0.2) is 48.7 Å². The lowest BCUT2D eigenvalue weighted by Gasteiger charge is -2.24. The molecule has 6 heteroatoms. The van der Waals surface area contributed by atoms with Crippen molar-refractivity contribution in [2.45, 2.75) is 33.2 Å². The Morgan fingerprint density at radius 3 is 2.68 bits per heavy atom. The highest BCUT2D eigenvalue weighted by Gasteiger charge is 2.15. The molecule has 0 saturated heterocycles. The van der Waals surface area contributed by atoms with Gasteiger partial charge in [-0.3, -0.25) is 4.98 Å². The van der Waals surface area contributed by atoms with Crippen LogP contribution >= 0.6 is 0 Å². The number of nitrogens with zero attached hydrogens (tertiary/aromatic N) is 4. The highest BCUT2D eigenvalue weighted by Crippen LogP contribution is 2.15. The highest BCUT2D eigenvalue weighted by molar-refractivity contribution is 5.75. The van der Waals surface area contributed by atoms with Gasteiger partial charge in [-0.05, 0) is 36.6 Å². The van der Waals surface area contributed by atoms with E-state index in [1.54, 1.807) is 6.20 Å². The first-order chi connectivity index (χ1) is 13.5. The van der Waals surface area contributed by atoms with Gasteiger partial charge < -0.3 is 14.8 Å². The Morgan fingerprint density at radius 2 is 1.96 bits per heavy atom. The molecule has 0 atom stereocenters. The molecule has 0 unspecified atom stereocenters. The number of imidazole rings is 1. The lowest BCUT2D eigenvalue weighted by Crippen LogP contribution is -2.42. The van der Waals surface area contributed by atoms with Crippen molar-refractivity contribution >= 4 is 17.1 Å². The number of carbonyl (C=O) groups excluding carboxylic acids is 1. The first kappa shape index (κ1) is 19.9. The second kappa shape index (κ2) is 9.35. The molecule has 0 fully saturated rings. The molecular formula is C22H29N5O. The van der Waals surface area contributed by atoms with Crippen LogP contribution in [0.2, 0.25) is 0 Å². The van der Waals surface area contributed by atoms with Crippen LogP contribution in [0.3, 0.4) is 0 Å². The van der Waals surface area contributed by atoms with E-state index in [1.807, 2.05) is 48.3 Å². The molecule has 0 radical (unpaired) electrons. The molecule has 0 aliphatic heterocycles. The van der Waals surface area contributed by atoms with Gasteiger partial charge in [0.05, 0.1) is 23.3 Å². The molecule has 1 N–H and O–H groups in total. The van der Waals surface area contributed by atoms with Crippen LogP contribution in [-0.4, -0.2) is 38.6 Å². The van der Waals surface area contributed by atoms with Gasteiger partial charge in [-0.25, -0.2) is 9.78 Å². The van der Waals surface area contributed by atoms with Gasteiger partial charge in [0.2, 0.25) is 0 Å². The fourth-order valence-corrected chi connectivity index (χ4v) is 3.32. The van der Waals surface area contributed by atoms with E-state index < -0.39 is 0 Å². The Hall–Kier alpha value is -2.89. The molecule has 1 aromatic carbocycles. The third kappa shape index (κ3) is 5.09. The van der Waals surface area contributed by atoms with Gasteiger partial charge >= 0.3 is 6.03 Å². The van der Waals surface area contributed by atoms with E-state index in [0.717, 1.165) is 35.4 Å². The number of benzene rings is 1. The topological polar surface area (TPSA) is 63.1 Å². The number of pyridine rings is 1. The van der Waals surface area contributed by atoms with Crippen molar-refractivity contribution in [1.82, 2.24) is 24.8 Å². The van der Waals surface area contributed by atoms with Gasteiger partial charge in [0.1, 0.15) is 5.82 Å². The van der Waals surface area contributed by atoms with Gasteiger partial charge in [0, 0.05) is 32.8 Å². The van der Waals surface area contributed by atoms with E-state index in [2.05, 4.69) is 34.8 Å². The van der Waals surface area contributed by atoms with Gasteiger partial charge in [0.15, 0.2) is 0 Å². The number of aromatic nitrogens is 3. The van der Waals surface area contributed by atoms with Crippen molar-refractivity contribution in [2.75, 3.05) is 13.1 Å². The minimum atomic E-state index is -0.0376. The van der Waals surface area contributed by atoms with Gasteiger partial charge in [-0.15, -0.1) is 0 Å². The van der Waals surface area contributed by atoms with Gasteiger partial charge in [-0.2, -0.15) is 0 Å². The number of hydrogen-bond donors (Lipinski definition) is 1. The average Bonchev–Trinajstić information content (AvgIpc) is 3.01. The third-order valence-corrected chi connectivity index (χ3v) is 4.68. The Labute approximate surface area is 166 Å². The molecule has 0 saturated carbocycles. The lowest BCUT2D eigenvalue weighted by atomic mass is 10.2. The highest BCUT2D eigenvalue weighted by atomic mass is 16.2. The van der Waals surface area contributed by atoms with E-state index in [-0.39, 0.29) is 6.03 Å². The zero-order valence-electron chi connectivity index (χ0n) is 16.9. The number of para-hydroxylation sites is 2. The van der Waals surface area contributed by atoms with Crippen molar-refractivity contribution in [3.05, 3.63) is 60.2 Å². The van der Waals surface area contributed by atoms with Crippen molar-refractivity contribution in [1.29, 1.82) is 0 Å². The number of fused-ring (bicyclic) bond motifs is 1. The predicted octanol–water partition coefficient (Wildman–Crippen LogP) is 3.77. The molecule has 0 bridgehead atoms. The summed E-state index contributed by atoms with van der Waals surface area (Å²) in [5, 5.41) is 3.05. The molecule has 3 rings (SSSR count). The molecule has 3 aromatic rings. The largest absolute Gasteiger partial charge is 0.338 e. The van der Waals surface area contributed by atoms with Crippen molar-refractivity contribution in [3.63, 3.8) is 0 Å². The summed E-state index contributed by atoms with van der Waals surface area (Å²) in [5.41, 5.74) is 3.06. The number of rotatable bonds is 8. The predicted molar refractivity (Wildman–Crippen MR) is 112 cm³/mol. The minimum Gasteiger partial charge on any atom is -0.338 e. The first-order valence-electron chi connectivity index (χ1n) is 9.87. The van der Waals surface area contributed by atoms with Crippen molar-refractivity contribution in [2.24, 2.45) is 13.0 Å². The molecule has 148 valence electrons. The maximum absolute atomic E-state index is 12.7. The molecule has 2 heterocycles. The number of carbonyl (C=O) groups is 1. The molecule has 0 spiro atoms. The quantitative estimate of drug-likeness (QED) is 0.606. The molecule has 0 aliphatic carbocycles. The second-order valence-corrected chi connectivity index (χ2v) is 7.51. The fraction of sp³-hybridized carbons (Fsp3) is 0.409. The molecular weight excluding hydrogens is 350 g/mol. The van der Waals surface area contributed by atoms with Gasteiger partial charge in [0.25, 0.3) is 0 Å². The Bertz CT molecular complexity index is 904. The normalized spacial score (nSPS) is 11.1. The van der Waals surface area contributed by atoms with Gasteiger partial charge in [-0.1, -0.05) is 32.0 Å². The average molecular weight is 380 g/mol. The van der Waals surface area contributed by atoms with Crippen LogP contribution < -0.4 is 5.32 Å². The Kier molecular flexibility index (Phi) is 6.63. The number of urea groups is 1. The van der Waals surface area contributed by atoms with Crippen molar-refractivity contribution in [3.8, 4) is 0 Å². The molecule has 2 amide bonds. The van der Waals surface area contributed by atoms with Crippen LogP contribution in [-0.2, 0) is 20.0 Å². The maximum atomic E-state index is 12.7. The summed E-state index contributed by atoms with van der Waals surface area (Å²) in [6, 6.07) is 13.9. The van der Waals surface area contributed by atoms with E-state index in [4.69, 9.17) is 4.98 Å². The molecule has 28 heavy (non-hydrogen) atoms. The third-order valence-electron chi connectivity index (χ3n) is 4.68. The van der Waals surface area contributed by atoms with E-state index >= 15 is 0 Å². The van der Waals surface area contributed by atoms with E-state index in [0.29, 0.717) is 25.6 Å². The second-order valence-electron chi connectivity index (χ2n) is 7.51. The minimum absolute atomic E-state index is 0.0376. The number of hydrogen-bond acceptors (Lipinski definition) is 3. The fourth-order valence-electron chi connectivity index (χ4n) is 3.32. The summed E-state index contributed by atoms with van der Waals surface area (Å²) in [5.74, 6) is 1.44. The smallest absolute Gasteiger partial charge is 0.317 e. The zero-order chi connectivity index (χ0) is 19.9.